The van der Waals surface area contributed by atoms with Crippen molar-refractivity contribution in [3.8, 4) is 0 Å². The van der Waals surface area contributed by atoms with Gasteiger partial charge in [0.15, 0.2) is 11.2 Å². The summed E-state index contributed by atoms with van der Waals surface area (Å²) >= 11 is 0. The van der Waals surface area contributed by atoms with Crippen molar-refractivity contribution in [3.63, 3.8) is 0 Å². The minimum atomic E-state index is -0.652. The van der Waals surface area contributed by atoms with Crippen molar-refractivity contribution in [2.24, 2.45) is 0 Å². The first-order valence-corrected chi connectivity index (χ1v) is 5.68. The van der Waals surface area contributed by atoms with E-state index in [0.29, 0.717) is 11.2 Å². The van der Waals surface area contributed by atoms with Crippen molar-refractivity contribution in [2.45, 2.75) is 13.8 Å². The second-order valence-corrected chi connectivity index (χ2v) is 3.99. The highest BCUT2D eigenvalue weighted by atomic mass is 16.6. The Labute approximate surface area is 105 Å². The molecule has 3 aromatic rings. The van der Waals surface area contributed by atoms with E-state index in [1.807, 2.05) is 0 Å². The van der Waals surface area contributed by atoms with Crippen LogP contribution < -0.4 is 5.82 Å². The maximum Gasteiger partial charge on any atom is 0.519 e. The first kappa shape index (κ1) is 12.2. The minimum Gasteiger partial charge on any atom is -0.391 e. The number of para-hydroxylation sites is 2. The smallest absolute Gasteiger partial charge is 0.391 e. The quantitative estimate of drug-likeness (QED) is 0.603. The topological polar surface area (TPSA) is 43.4 Å². The standard InChI is InChI=1S/C8H10.C7H4O3/c1-7-5-3-4-6-8(7)2;8-7-9-5-3-1-2-4-6(5)10-7/h3-6H,1-2H3;1-4H. The van der Waals surface area contributed by atoms with Gasteiger partial charge in [-0.3, -0.25) is 0 Å². The molecule has 0 aliphatic rings. The Morgan fingerprint density at radius 2 is 1.11 bits per heavy atom. The molecule has 1 heterocycles. The molecule has 0 bridgehead atoms. The van der Waals surface area contributed by atoms with Gasteiger partial charge in [0.1, 0.15) is 0 Å². The molecule has 0 saturated heterocycles. The molecule has 0 unspecified atom stereocenters. The largest absolute Gasteiger partial charge is 0.519 e. The first-order valence-electron chi connectivity index (χ1n) is 5.68. The fraction of sp³-hybridized carbons (Fsp3) is 0.133. The van der Waals surface area contributed by atoms with Gasteiger partial charge in [-0.2, -0.15) is 0 Å². The van der Waals surface area contributed by atoms with Gasteiger partial charge in [-0.1, -0.05) is 36.4 Å². The third kappa shape index (κ3) is 2.88. The zero-order chi connectivity index (χ0) is 13.0. The van der Waals surface area contributed by atoms with Crippen molar-refractivity contribution in [1.82, 2.24) is 0 Å². The van der Waals surface area contributed by atoms with Gasteiger partial charge in [-0.25, -0.2) is 4.79 Å². The van der Waals surface area contributed by atoms with Gasteiger partial charge >= 0.3 is 5.82 Å². The van der Waals surface area contributed by atoms with E-state index in [0.717, 1.165) is 0 Å². The lowest BCUT2D eigenvalue weighted by Crippen LogP contribution is -1.84. The van der Waals surface area contributed by atoms with E-state index in [9.17, 15) is 4.79 Å². The molecule has 18 heavy (non-hydrogen) atoms. The second kappa shape index (κ2) is 5.36. The van der Waals surface area contributed by atoms with Crippen LogP contribution in [0.15, 0.2) is 62.2 Å². The van der Waals surface area contributed by atoms with Crippen LogP contribution in [0, 0.1) is 13.8 Å². The molecule has 2 aromatic carbocycles. The molecule has 0 aliphatic heterocycles. The zero-order valence-corrected chi connectivity index (χ0v) is 10.3. The Balaban J connectivity index is 0.000000138. The lowest BCUT2D eigenvalue weighted by Gasteiger charge is -1.93. The van der Waals surface area contributed by atoms with Crippen LogP contribution in [0.2, 0.25) is 0 Å². The minimum absolute atomic E-state index is 0.493. The van der Waals surface area contributed by atoms with E-state index in [2.05, 4.69) is 46.9 Å². The predicted octanol–water partition coefficient (Wildman–Crippen LogP) is 3.69. The molecule has 0 atom stereocenters. The summed E-state index contributed by atoms with van der Waals surface area (Å²) in [6, 6.07) is 15.3. The van der Waals surface area contributed by atoms with Crippen LogP contribution in [-0.2, 0) is 0 Å². The van der Waals surface area contributed by atoms with E-state index in [1.54, 1.807) is 24.3 Å². The van der Waals surface area contributed by atoms with Gasteiger partial charge in [0, 0.05) is 0 Å². The number of aryl methyl sites for hydroxylation is 2. The lowest BCUT2D eigenvalue weighted by atomic mass is 10.1. The number of fused-ring (bicyclic) bond motifs is 1. The second-order valence-electron chi connectivity index (χ2n) is 3.99. The van der Waals surface area contributed by atoms with E-state index in [4.69, 9.17) is 0 Å². The van der Waals surface area contributed by atoms with E-state index >= 15 is 0 Å². The molecular formula is C15H14O3. The summed E-state index contributed by atoms with van der Waals surface area (Å²) < 4.78 is 9.29. The van der Waals surface area contributed by atoms with Gasteiger partial charge in [0.2, 0.25) is 0 Å². The average molecular weight is 242 g/mol. The molecule has 0 amide bonds. The highest BCUT2D eigenvalue weighted by Crippen LogP contribution is 2.09. The van der Waals surface area contributed by atoms with Crippen LogP contribution in [0.5, 0.6) is 0 Å². The normalized spacial score (nSPS) is 9.89. The number of rotatable bonds is 0. The summed E-state index contributed by atoms with van der Waals surface area (Å²) in [5, 5.41) is 0. The summed E-state index contributed by atoms with van der Waals surface area (Å²) in [7, 11) is 0. The van der Waals surface area contributed by atoms with Gasteiger partial charge in [0.25, 0.3) is 0 Å². The summed E-state index contributed by atoms with van der Waals surface area (Å²) in [6.07, 6.45) is 0. The molecular weight excluding hydrogens is 228 g/mol. The highest BCUT2D eigenvalue weighted by Gasteiger charge is 1.98. The Hall–Kier alpha value is -2.29. The van der Waals surface area contributed by atoms with Crippen LogP contribution in [-0.4, -0.2) is 0 Å². The third-order valence-corrected chi connectivity index (χ3v) is 2.66. The van der Waals surface area contributed by atoms with Crippen molar-refractivity contribution >= 4 is 11.2 Å². The van der Waals surface area contributed by atoms with E-state index in [-0.39, 0.29) is 0 Å². The molecule has 0 fully saturated rings. The van der Waals surface area contributed by atoms with Crippen LogP contribution in [0.3, 0.4) is 0 Å². The maximum atomic E-state index is 10.5. The van der Waals surface area contributed by atoms with E-state index < -0.39 is 5.82 Å². The van der Waals surface area contributed by atoms with Crippen molar-refractivity contribution in [1.29, 1.82) is 0 Å². The zero-order valence-electron chi connectivity index (χ0n) is 10.3. The van der Waals surface area contributed by atoms with E-state index in [1.165, 1.54) is 11.1 Å². The fourth-order valence-electron chi connectivity index (χ4n) is 1.48. The Kier molecular flexibility index (Phi) is 3.63. The Morgan fingerprint density at radius 1 is 0.722 bits per heavy atom. The molecule has 0 N–H and O–H groups in total. The monoisotopic (exact) mass is 242 g/mol. The number of benzene rings is 2. The lowest BCUT2D eigenvalue weighted by molar-refractivity contribution is 0.409. The summed E-state index contributed by atoms with van der Waals surface area (Å²) in [4.78, 5) is 10.5. The third-order valence-electron chi connectivity index (χ3n) is 2.66. The summed E-state index contributed by atoms with van der Waals surface area (Å²) in [6.45, 7) is 4.24. The van der Waals surface area contributed by atoms with Crippen molar-refractivity contribution in [2.75, 3.05) is 0 Å². The van der Waals surface area contributed by atoms with Crippen LogP contribution in [0.25, 0.3) is 11.2 Å². The molecule has 3 heteroatoms. The molecule has 92 valence electrons. The molecule has 3 rings (SSSR count). The molecule has 0 aliphatic carbocycles. The van der Waals surface area contributed by atoms with Crippen LogP contribution >= 0.6 is 0 Å². The summed E-state index contributed by atoms with van der Waals surface area (Å²) in [5.41, 5.74) is 3.72. The molecule has 0 saturated carbocycles. The highest BCUT2D eigenvalue weighted by molar-refractivity contribution is 5.68. The van der Waals surface area contributed by atoms with Crippen LogP contribution in [0.4, 0.5) is 0 Å². The predicted molar refractivity (Wildman–Crippen MR) is 70.7 cm³/mol. The van der Waals surface area contributed by atoms with Gasteiger partial charge in [-0.05, 0) is 37.1 Å². The molecule has 1 aromatic heterocycles. The molecule has 3 nitrogen and oxygen atoms in total. The Morgan fingerprint density at radius 3 is 1.50 bits per heavy atom. The maximum absolute atomic E-state index is 10.5. The van der Waals surface area contributed by atoms with Crippen molar-refractivity contribution in [3.05, 3.63) is 70.3 Å². The SMILES string of the molecule is Cc1ccccc1C.O=c1oc2ccccc2o1. The number of hydrogen-bond acceptors (Lipinski definition) is 3. The fourth-order valence-corrected chi connectivity index (χ4v) is 1.48. The molecule has 0 spiro atoms. The summed E-state index contributed by atoms with van der Waals surface area (Å²) in [5.74, 6) is -0.652. The van der Waals surface area contributed by atoms with Gasteiger partial charge in [-0.15, -0.1) is 0 Å². The van der Waals surface area contributed by atoms with Crippen molar-refractivity contribution < 1.29 is 8.83 Å². The number of hydrogen-bond donors (Lipinski definition) is 0. The Bertz CT molecular complexity index is 635. The van der Waals surface area contributed by atoms with Gasteiger partial charge in [0.05, 0.1) is 0 Å². The average Bonchev–Trinajstić information content (AvgIpc) is 2.74. The van der Waals surface area contributed by atoms with Gasteiger partial charge < -0.3 is 8.83 Å². The molecule has 0 radical (unpaired) electrons. The first-order chi connectivity index (χ1) is 8.66. The van der Waals surface area contributed by atoms with Crippen LogP contribution in [0.1, 0.15) is 11.1 Å².